The highest BCUT2D eigenvalue weighted by Gasteiger charge is 2.14. The van der Waals surface area contributed by atoms with Crippen molar-refractivity contribution in [1.29, 1.82) is 0 Å². The number of nitrogens with zero attached hydrogens (tertiary/aromatic N) is 3. The summed E-state index contributed by atoms with van der Waals surface area (Å²) in [5.74, 6) is -0.273. The van der Waals surface area contributed by atoms with E-state index in [4.69, 9.17) is 4.98 Å². The van der Waals surface area contributed by atoms with Crippen molar-refractivity contribution in [1.82, 2.24) is 15.0 Å². The molecule has 0 aliphatic heterocycles. The van der Waals surface area contributed by atoms with Crippen LogP contribution in [0.5, 0.6) is 0 Å². The van der Waals surface area contributed by atoms with Gasteiger partial charge in [-0.2, -0.15) is 5.10 Å². The van der Waals surface area contributed by atoms with Crippen LogP contribution in [0.1, 0.15) is 22.8 Å². The van der Waals surface area contributed by atoms with E-state index in [1.165, 1.54) is 21.8 Å². The highest BCUT2D eigenvalue weighted by atomic mass is 16.2. The molecule has 1 amide bonds. The third kappa shape index (κ3) is 3.81. The SMILES string of the molecule is CCn1c2ccccc2c2cc(/C=N/NC(=O)c3cc(-c4ccccc4)nc4ccccc34)ccc21. The molecule has 174 valence electrons. The maximum absolute atomic E-state index is 13.2. The first kappa shape index (κ1) is 21.7. The molecule has 5 heteroatoms. The van der Waals surface area contributed by atoms with Crippen molar-refractivity contribution in [3.05, 3.63) is 114 Å². The highest BCUT2D eigenvalue weighted by molar-refractivity contribution is 6.10. The molecule has 6 aromatic rings. The topological polar surface area (TPSA) is 59.3 Å². The Morgan fingerprint density at radius 1 is 0.833 bits per heavy atom. The number of amides is 1. The molecule has 0 saturated heterocycles. The largest absolute Gasteiger partial charge is 0.341 e. The standard InChI is InChI=1S/C31H24N4O/c1-2-35-29-15-9-7-13-24(29)25-18-21(16-17-30(25)35)20-32-34-31(36)26-19-28(22-10-4-3-5-11-22)33-27-14-8-6-12-23(26)27/h3-20H,2H2,1H3,(H,34,36)/b32-20+. The summed E-state index contributed by atoms with van der Waals surface area (Å²) >= 11 is 0. The highest BCUT2D eigenvalue weighted by Crippen LogP contribution is 2.29. The van der Waals surface area contributed by atoms with Gasteiger partial charge in [0, 0.05) is 39.3 Å². The molecule has 5 nitrogen and oxygen atoms in total. The minimum absolute atomic E-state index is 0.273. The molecule has 0 atom stereocenters. The monoisotopic (exact) mass is 468 g/mol. The second kappa shape index (κ2) is 9.12. The van der Waals surface area contributed by atoms with Crippen LogP contribution in [0.2, 0.25) is 0 Å². The van der Waals surface area contributed by atoms with Crippen LogP contribution in [0.4, 0.5) is 0 Å². The molecule has 0 spiro atoms. The number of para-hydroxylation sites is 2. The van der Waals surface area contributed by atoms with Crippen molar-refractivity contribution >= 4 is 44.8 Å². The molecule has 0 aliphatic rings. The molecule has 6 rings (SSSR count). The van der Waals surface area contributed by atoms with E-state index in [1.807, 2.05) is 66.7 Å². The summed E-state index contributed by atoms with van der Waals surface area (Å²) in [5.41, 5.74) is 9.07. The number of aromatic nitrogens is 2. The molecule has 36 heavy (non-hydrogen) atoms. The fraction of sp³-hybridized carbons (Fsp3) is 0.0645. The molecule has 0 radical (unpaired) electrons. The number of fused-ring (bicyclic) bond motifs is 4. The van der Waals surface area contributed by atoms with E-state index in [0.29, 0.717) is 5.56 Å². The van der Waals surface area contributed by atoms with E-state index in [2.05, 4.69) is 58.4 Å². The van der Waals surface area contributed by atoms with Gasteiger partial charge in [0.25, 0.3) is 5.91 Å². The number of pyridine rings is 1. The predicted octanol–water partition coefficient (Wildman–Crippen LogP) is 6.79. The van der Waals surface area contributed by atoms with E-state index >= 15 is 0 Å². The molecule has 2 aromatic heterocycles. The third-order valence-corrected chi connectivity index (χ3v) is 6.52. The molecule has 0 saturated carbocycles. The van der Waals surface area contributed by atoms with Crippen LogP contribution in [-0.4, -0.2) is 21.7 Å². The second-order valence-corrected chi connectivity index (χ2v) is 8.68. The first-order valence-electron chi connectivity index (χ1n) is 12.0. The summed E-state index contributed by atoms with van der Waals surface area (Å²) in [5, 5.41) is 7.47. The normalized spacial score (nSPS) is 11.6. The van der Waals surface area contributed by atoms with Gasteiger partial charge in [0.2, 0.25) is 0 Å². The summed E-state index contributed by atoms with van der Waals surface area (Å²) in [6.45, 7) is 3.06. The van der Waals surface area contributed by atoms with Gasteiger partial charge in [-0.1, -0.05) is 72.8 Å². The van der Waals surface area contributed by atoms with Crippen molar-refractivity contribution in [2.45, 2.75) is 13.5 Å². The Labute approximate surface area is 208 Å². The zero-order valence-electron chi connectivity index (χ0n) is 19.8. The fourth-order valence-corrected chi connectivity index (χ4v) is 4.84. The Bertz CT molecular complexity index is 1770. The van der Waals surface area contributed by atoms with Crippen LogP contribution in [0.15, 0.2) is 108 Å². The van der Waals surface area contributed by atoms with E-state index in [1.54, 1.807) is 6.21 Å². The van der Waals surface area contributed by atoms with Crippen molar-refractivity contribution in [2.75, 3.05) is 0 Å². The average Bonchev–Trinajstić information content (AvgIpc) is 3.26. The zero-order valence-corrected chi connectivity index (χ0v) is 19.8. The van der Waals surface area contributed by atoms with Gasteiger partial charge in [-0.15, -0.1) is 0 Å². The molecular formula is C31H24N4O. The summed E-state index contributed by atoms with van der Waals surface area (Å²) in [6, 6.07) is 34.0. The van der Waals surface area contributed by atoms with Gasteiger partial charge in [0.15, 0.2) is 0 Å². The molecular weight excluding hydrogens is 444 g/mol. The lowest BCUT2D eigenvalue weighted by Gasteiger charge is -2.09. The van der Waals surface area contributed by atoms with Gasteiger partial charge in [-0.3, -0.25) is 4.79 Å². The lowest BCUT2D eigenvalue weighted by atomic mass is 10.0. The number of hydrazone groups is 1. The smallest absolute Gasteiger partial charge is 0.272 e. The molecule has 0 aliphatic carbocycles. The maximum atomic E-state index is 13.2. The number of nitrogens with one attached hydrogen (secondary N) is 1. The van der Waals surface area contributed by atoms with Gasteiger partial charge in [-0.05, 0) is 42.8 Å². The van der Waals surface area contributed by atoms with Crippen molar-refractivity contribution in [2.24, 2.45) is 5.10 Å². The first-order valence-corrected chi connectivity index (χ1v) is 12.0. The Hall–Kier alpha value is -4.77. The van der Waals surface area contributed by atoms with E-state index in [0.717, 1.165) is 34.3 Å². The maximum Gasteiger partial charge on any atom is 0.272 e. The third-order valence-electron chi connectivity index (χ3n) is 6.52. The number of benzene rings is 4. The van der Waals surface area contributed by atoms with E-state index in [-0.39, 0.29) is 5.91 Å². The van der Waals surface area contributed by atoms with Gasteiger partial charge >= 0.3 is 0 Å². The summed E-state index contributed by atoms with van der Waals surface area (Å²) in [7, 11) is 0. The zero-order chi connectivity index (χ0) is 24.5. The average molecular weight is 469 g/mol. The predicted molar refractivity (Wildman–Crippen MR) is 147 cm³/mol. The van der Waals surface area contributed by atoms with Crippen molar-refractivity contribution in [3.8, 4) is 11.3 Å². The molecule has 0 fully saturated rings. The van der Waals surface area contributed by atoms with Crippen LogP contribution in [0.3, 0.4) is 0 Å². The summed E-state index contributed by atoms with van der Waals surface area (Å²) in [4.78, 5) is 18.0. The quantitative estimate of drug-likeness (QED) is 0.224. The Morgan fingerprint density at radius 2 is 1.56 bits per heavy atom. The molecule has 2 heterocycles. The van der Waals surface area contributed by atoms with Gasteiger partial charge in [0.05, 0.1) is 23.0 Å². The van der Waals surface area contributed by atoms with Crippen LogP contribution >= 0.6 is 0 Å². The molecule has 1 N–H and O–H groups in total. The lowest BCUT2D eigenvalue weighted by molar-refractivity contribution is 0.0956. The second-order valence-electron chi connectivity index (χ2n) is 8.68. The minimum Gasteiger partial charge on any atom is -0.341 e. The van der Waals surface area contributed by atoms with Crippen molar-refractivity contribution < 1.29 is 4.79 Å². The van der Waals surface area contributed by atoms with Crippen LogP contribution in [-0.2, 0) is 6.54 Å². The molecule has 4 aromatic carbocycles. The number of carbonyl (C=O) groups is 1. The Morgan fingerprint density at radius 3 is 2.39 bits per heavy atom. The molecule has 0 bridgehead atoms. The summed E-state index contributed by atoms with van der Waals surface area (Å²) < 4.78 is 2.31. The van der Waals surface area contributed by atoms with E-state index < -0.39 is 0 Å². The van der Waals surface area contributed by atoms with Crippen LogP contribution in [0, 0.1) is 0 Å². The Kier molecular flexibility index (Phi) is 5.51. The number of carbonyl (C=O) groups excluding carboxylic acids is 1. The van der Waals surface area contributed by atoms with Crippen molar-refractivity contribution in [3.63, 3.8) is 0 Å². The number of aryl methyl sites for hydroxylation is 1. The summed E-state index contributed by atoms with van der Waals surface area (Å²) in [6.07, 6.45) is 1.69. The fourth-order valence-electron chi connectivity index (χ4n) is 4.84. The first-order chi connectivity index (χ1) is 17.7. The van der Waals surface area contributed by atoms with E-state index in [9.17, 15) is 4.79 Å². The molecule has 0 unspecified atom stereocenters. The van der Waals surface area contributed by atoms with Gasteiger partial charge in [-0.25, -0.2) is 10.4 Å². The lowest BCUT2D eigenvalue weighted by Crippen LogP contribution is -2.18. The number of hydrogen-bond acceptors (Lipinski definition) is 3. The van der Waals surface area contributed by atoms with Gasteiger partial charge in [0.1, 0.15) is 0 Å². The van der Waals surface area contributed by atoms with Gasteiger partial charge < -0.3 is 4.57 Å². The minimum atomic E-state index is -0.273. The number of rotatable bonds is 5. The van der Waals surface area contributed by atoms with Crippen LogP contribution in [0.25, 0.3) is 44.0 Å². The van der Waals surface area contributed by atoms with Crippen LogP contribution < -0.4 is 5.43 Å². The Balaban J connectivity index is 1.32. The number of hydrogen-bond donors (Lipinski definition) is 1.